The fourth-order valence-corrected chi connectivity index (χ4v) is 2.72. The Hall–Kier alpha value is -1.83. The third kappa shape index (κ3) is 5.59. The smallest absolute Gasteiger partial charge is 0.247 e. The molecule has 0 saturated carbocycles. The second kappa shape index (κ2) is 9.60. The molecule has 2 aromatic heterocycles. The molecule has 3 rings (SSSR count). The minimum Gasteiger partial charge on any atom is -0.368 e. The zero-order chi connectivity index (χ0) is 16.2. The Bertz CT molecular complexity index is 682. The number of hydrogen-bond acceptors (Lipinski definition) is 5. The van der Waals surface area contributed by atoms with Crippen molar-refractivity contribution in [3.8, 4) is 0 Å². The number of nitrogens with one attached hydrogen (secondary N) is 2. The number of anilines is 2. The second-order valence-electron chi connectivity index (χ2n) is 5.77. The monoisotopic (exact) mass is 386 g/mol. The van der Waals surface area contributed by atoms with Gasteiger partial charge in [-0.05, 0) is 32.0 Å². The third-order valence-corrected chi connectivity index (χ3v) is 3.89. The van der Waals surface area contributed by atoms with Gasteiger partial charge in [-0.25, -0.2) is 4.98 Å². The maximum Gasteiger partial charge on any atom is 0.247 e. The first kappa shape index (κ1) is 21.2. The van der Waals surface area contributed by atoms with Crippen LogP contribution in [0, 0.1) is 13.8 Å². The summed E-state index contributed by atoms with van der Waals surface area (Å²) < 4.78 is 1.69. The van der Waals surface area contributed by atoms with Crippen molar-refractivity contribution in [2.45, 2.75) is 20.4 Å². The average Bonchev–Trinajstić information content (AvgIpc) is 2.86. The first-order valence-corrected chi connectivity index (χ1v) is 7.84. The quantitative estimate of drug-likeness (QED) is 0.837. The lowest BCUT2D eigenvalue weighted by atomic mass is 10.3. The molecule has 0 unspecified atom stereocenters. The highest BCUT2D eigenvalue weighted by Crippen LogP contribution is 2.15. The van der Waals surface area contributed by atoms with Gasteiger partial charge in [-0.3, -0.25) is 9.48 Å². The predicted molar refractivity (Wildman–Crippen MR) is 104 cm³/mol. The Morgan fingerprint density at radius 3 is 2.52 bits per heavy atom. The van der Waals surface area contributed by atoms with Gasteiger partial charge >= 0.3 is 0 Å². The summed E-state index contributed by atoms with van der Waals surface area (Å²) in [6.45, 7) is 7.98. The molecule has 0 radical (unpaired) electrons. The van der Waals surface area contributed by atoms with Crippen LogP contribution in [0.4, 0.5) is 11.5 Å². The van der Waals surface area contributed by atoms with Crippen molar-refractivity contribution in [1.29, 1.82) is 0 Å². The second-order valence-corrected chi connectivity index (χ2v) is 5.77. The van der Waals surface area contributed by atoms with E-state index in [-0.39, 0.29) is 37.3 Å². The van der Waals surface area contributed by atoms with Crippen LogP contribution in [-0.4, -0.2) is 46.9 Å². The van der Waals surface area contributed by atoms with E-state index in [9.17, 15) is 4.79 Å². The van der Waals surface area contributed by atoms with Gasteiger partial charge in [-0.2, -0.15) is 5.10 Å². The van der Waals surface area contributed by atoms with Crippen LogP contribution in [-0.2, 0) is 11.3 Å². The molecule has 1 fully saturated rings. The number of hydrogen-bond donors (Lipinski definition) is 2. The van der Waals surface area contributed by atoms with Crippen molar-refractivity contribution in [1.82, 2.24) is 20.1 Å². The van der Waals surface area contributed by atoms with Crippen molar-refractivity contribution in [3.05, 3.63) is 35.8 Å². The number of piperazine rings is 1. The summed E-state index contributed by atoms with van der Waals surface area (Å²) in [6, 6.07) is 5.79. The summed E-state index contributed by atoms with van der Waals surface area (Å²) in [4.78, 5) is 18.7. The third-order valence-electron chi connectivity index (χ3n) is 3.89. The first-order chi connectivity index (χ1) is 11.1. The van der Waals surface area contributed by atoms with E-state index in [1.54, 1.807) is 4.68 Å². The largest absolute Gasteiger partial charge is 0.368 e. The average molecular weight is 387 g/mol. The van der Waals surface area contributed by atoms with Gasteiger partial charge in [0.1, 0.15) is 12.4 Å². The minimum atomic E-state index is -0.126. The fraction of sp³-hybridized carbons (Fsp3) is 0.438. The predicted octanol–water partition coefficient (Wildman–Crippen LogP) is 1.79. The molecular weight excluding hydrogens is 363 g/mol. The number of nitrogens with zero attached hydrogens (tertiary/aromatic N) is 4. The van der Waals surface area contributed by atoms with Crippen molar-refractivity contribution < 1.29 is 4.79 Å². The first-order valence-electron chi connectivity index (χ1n) is 7.84. The molecule has 1 saturated heterocycles. The number of pyridine rings is 1. The van der Waals surface area contributed by atoms with Crippen LogP contribution < -0.4 is 15.5 Å². The van der Waals surface area contributed by atoms with Crippen LogP contribution in [0.25, 0.3) is 0 Å². The Balaban J connectivity index is 0.00000156. The Kier molecular flexibility index (Phi) is 8.15. The molecular formula is C16H24Cl2N6O. The highest BCUT2D eigenvalue weighted by atomic mass is 35.5. The van der Waals surface area contributed by atoms with Crippen LogP contribution in [0.3, 0.4) is 0 Å². The van der Waals surface area contributed by atoms with Crippen LogP contribution in [0.1, 0.15) is 11.4 Å². The summed E-state index contributed by atoms with van der Waals surface area (Å²) in [5.41, 5.74) is 2.97. The lowest BCUT2D eigenvalue weighted by Gasteiger charge is -2.29. The topological polar surface area (TPSA) is 75.1 Å². The zero-order valence-electron chi connectivity index (χ0n) is 14.4. The van der Waals surface area contributed by atoms with E-state index in [1.165, 1.54) is 0 Å². The molecule has 138 valence electrons. The standard InChI is InChI=1S/C16H22N6O.2ClH/c1-12-9-13(2)22(20-12)11-16(23)19-15-4-3-14(10-18-15)21-7-5-17-6-8-21;;/h3-4,9-10,17H,5-8,11H2,1-2H3,(H,18,19,23);2*1H. The lowest BCUT2D eigenvalue weighted by Crippen LogP contribution is -2.43. The number of carbonyl (C=O) groups is 1. The van der Waals surface area contributed by atoms with Crippen LogP contribution in [0.2, 0.25) is 0 Å². The lowest BCUT2D eigenvalue weighted by molar-refractivity contribution is -0.117. The molecule has 25 heavy (non-hydrogen) atoms. The summed E-state index contributed by atoms with van der Waals surface area (Å²) >= 11 is 0. The number of rotatable bonds is 4. The van der Waals surface area contributed by atoms with Gasteiger partial charge in [0, 0.05) is 31.9 Å². The molecule has 0 aliphatic carbocycles. The van der Waals surface area contributed by atoms with Gasteiger partial charge in [0.25, 0.3) is 0 Å². The molecule has 3 heterocycles. The van der Waals surface area contributed by atoms with Crippen LogP contribution in [0.15, 0.2) is 24.4 Å². The number of halogens is 2. The van der Waals surface area contributed by atoms with Gasteiger partial charge < -0.3 is 15.5 Å². The molecule has 2 N–H and O–H groups in total. The van der Waals surface area contributed by atoms with E-state index in [1.807, 2.05) is 38.2 Å². The van der Waals surface area contributed by atoms with E-state index in [0.717, 1.165) is 43.3 Å². The van der Waals surface area contributed by atoms with Crippen molar-refractivity contribution in [3.63, 3.8) is 0 Å². The maximum absolute atomic E-state index is 12.1. The number of carbonyl (C=O) groups excluding carboxylic acids is 1. The van der Waals surface area contributed by atoms with Gasteiger partial charge in [0.2, 0.25) is 5.91 Å². The van der Waals surface area contributed by atoms with E-state index in [0.29, 0.717) is 5.82 Å². The van der Waals surface area contributed by atoms with E-state index in [4.69, 9.17) is 0 Å². The molecule has 0 bridgehead atoms. The van der Waals surface area contributed by atoms with E-state index < -0.39 is 0 Å². The summed E-state index contributed by atoms with van der Waals surface area (Å²) in [5, 5.41) is 10.4. The highest BCUT2D eigenvalue weighted by Gasteiger charge is 2.12. The Morgan fingerprint density at radius 2 is 1.96 bits per heavy atom. The maximum atomic E-state index is 12.1. The van der Waals surface area contributed by atoms with Gasteiger partial charge in [-0.15, -0.1) is 24.8 Å². The highest BCUT2D eigenvalue weighted by molar-refractivity contribution is 5.89. The van der Waals surface area contributed by atoms with Crippen molar-refractivity contribution >= 4 is 42.2 Å². The summed E-state index contributed by atoms with van der Waals surface area (Å²) in [5.74, 6) is 0.439. The van der Waals surface area contributed by atoms with Crippen molar-refractivity contribution in [2.24, 2.45) is 0 Å². The molecule has 0 spiro atoms. The number of aryl methyl sites for hydroxylation is 2. The van der Waals surface area contributed by atoms with Gasteiger partial charge in [0.15, 0.2) is 0 Å². The normalized spacial score (nSPS) is 13.6. The van der Waals surface area contributed by atoms with E-state index >= 15 is 0 Å². The molecule has 2 aromatic rings. The Morgan fingerprint density at radius 1 is 1.24 bits per heavy atom. The van der Waals surface area contributed by atoms with Gasteiger partial charge in [0.05, 0.1) is 17.6 Å². The molecule has 1 aliphatic rings. The molecule has 9 heteroatoms. The van der Waals surface area contributed by atoms with Crippen molar-refractivity contribution in [2.75, 3.05) is 36.4 Å². The number of amides is 1. The molecule has 0 aromatic carbocycles. The molecule has 1 aliphatic heterocycles. The summed E-state index contributed by atoms with van der Waals surface area (Å²) in [7, 11) is 0. The minimum absolute atomic E-state index is 0. The Labute approximate surface area is 160 Å². The number of aromatic nitrogens is 3. The molecule has 1 amide bonds. The van der Waals surface area contributed by atoms with Crippen LogP contribution >= 0.6 is 24.8 Å². The molecule has 7 nitrogen and oxygen atoms in total. The summed E-state index contributed by atoms with van der Waals surface area (Å²) in [6.07, 6.45) is 1.81. The SMILES string of the molecule is Cc1cc(C)n(CC(=O)Nc2ccc(N3CCNCC3)cn2)n1.Cl.Cl. The fourth-order valence-electron chi connectivity index (χ4n) is 2.72. The van der Waals surface area contributed by atoms with Crippen LogP contribution in [0.5, 0.6) is 0 Å². The molecule has 0 atom stereocenters. The van der Waals surface area contributed by atoms with Gasteiger partial charge in [-0.1, -0.05) is 0 Å². The van der Waals surface area contributed by atoms with E-state index in [2.05, 4.69) is 25.6 Å². The zero-order valence-corrected chi connectivity index (χ0v) is 16.0.